The molecule has 0 saturated carbocycles. The van der Waals surface area contributed by atoms with Crippen LogP contribution in [0, 0.1) is 5.41 Å². The second-order valence-corrected chi connectivity index (χ2v) is 6.52. The Labute approximate surface area is 94.0 Å². The normalized spacial score (nSPS) is 18.7. The molecule has 1 aliphatic rings. The molecular weight excluding hydrogens is 186 g/mol. The fourth-order valence-corrected chi connectivity index (χ4v) is 2.10. The lowest BCUT2D eigenvalue weighted by molar-refractivity contribution is -0.132. The first-order chi connectivity index (χ1) is 6.72. The van der Waals surface area contributed by atoms with E-state index in [-0.39, 0.29) is 5.54 Å². The summed E-state index contributed by atoms with van der Waals surface area (Å²) in [5, 5.41) is 0. The molecule has 0 radical (unpaired) electrons. The van der Waals surface area contributed by atoms with Gasteiger partial charge >= 0.3 is 0 Å². The van der Waals surface area contributed by atoms with Crippen molar-refractivity contribution in [3.05, 3.63) is 0 Å². The van der Waals surface area contributed by atoms with E-state index in [1.807, 2.05) is 0 Å². The molecule has 0 aliphatic carbocycles. The maximum absolute atomic E-state index is 11.7. The fourth-order valence-electron chi connectivity index (χ4n) is 2.10. The van der Waals surface area contributed by atoms with Gasteiger partial charge in [-0.15, -0.1) is 0 Å². The smallest absolute Gasteiger partial charge is 0.223 e. The van der Waals surface area contributed by atoms with Crippen LogP contribution in [0.3, 0.4) is 0 Å². The summed E-state index contributed by atoms with van der Waals surface area (Å²) >= 11 is 0. The van der Waals surface area contributed by atoms with Gasteiger partial charge in [0.25, 0.3) is 0 Å². The summed E-state index contributed by atoms with van der Waals surface area (Å²) in [6, 6.07) is 0. The summed E-state index contributed by atoms with van der Waals surface area (Å²) in [4.78, 5) is 13.7. The van der Waals surface area contributed by atoms with E-state index in [9.17, 15) is 4.79 Å². The second kappa shape index (κ2) is 4.15. The van der Waals surface area contributed by atoms with Crippen LogP contribution in [-0.2, 0) is 4.79 Å². The summed E-state index contributed by atoms with van der Waals surface area (Å²) in [5.74, 6) is 0.342. The zero-order valence-electron chi connectivity index (χ0n) is 10.9. The first kappa shape index (κ1) is 12.5. The summed E-state index contributed by atoms with van der Waals surface area (Å²) in [6.07, 6.45) is 4.06. The maximum atomic E-state index is 11.7. The Morgan fingerprint density at radius 3 is 2.13 bits per heavy atom. The van der Waals surface area contributed by atoms with E-state index in [2.05, 4.69) is 39.5 Å². The van der Waals surface area contributed by atoms with Crippen molar-refractivity contribution in [1.82, 2.24) is 4.90 Å². The minimum atomic E-state index is 0.0425. The number of rotatable bonds is 3. The molecule has 0 unspecified atom stereocenters. The molecule has 0 spiro atoms. The van der Waals surface area contributed by atoms with Crippen LogP contribution in [0.2, 0.25) is 0 Å². The standard InChI is InChI=1S/C13H25NO/c1-12(2,3)8-9-13(4,5)14-10-6-7-11(14)15/h6-10H2,1-5H3. The molecule has 0 aromatic rings. The number of carbonyl (C=O) groups excluding carboxylic acids is 1. The molecule has 88 valence electrons. The van der Waals surface area contributed by atoms with Crippen LogP contribution in [0.15, 0.2) is 0 Å². The van der Waals surface area contributed by atoms with Crippen LogP contribution in [-0.4, -0.2) is 22.9 Å². The van der Waals surface area contributed by atoms with Crippen LogP contribution >= 0.6 is 0 Å². The van der Waals surface area contributed by atoms with Gasteiger partial charge in [0.1, 0.15) is 0 Å². The van der Waals surface area contributed by atoms with Crippen LogP contribution in [0.5, 0.6) is 0 Å². The van der Waals surface area contributed by atoms with Gasteiger partial charge in [-0.3, -0.25) is 4.79 Å². The summed E-state index contributed by atoms with van der Waals surface area (Å²) in [6.45, 7) is 12.1. The minimum Gasteiger partial charge on any atom is -0.338 e. The molecule has 1 amide bonds. The lowest BCUT2D eigenvalue weighted by atomic mass is 9.84. The molecule has 2 nitrogen and oxygen atoms in total. The Bertz CT molecular complexity index is 237. The lowest BCUT2D eigenvalue weighted by Gasteiger charge is -2.37. The third kappa shape index (κ3) is 3.51. The van der Waals surface area contributed by atoms with Crippen molar-refractivity contribution in [3.8, 4) is 0 Å². The van der Waals surface area contributed by atoms with Gasteiger partial charge in [-0.25, -0.2) is 0 Å². The molecule has 1 rings (SSSR count). The Morgan fingerprint density at radius 1 is 1.13 bits per heavy atom. The van der Waals surface area contributed by atoms with Crippen LogP contribution in [0.1, 0.15) is 60.3 Å². The van der Waals surface area contributed by atoms with Gasteiger partial charge in [-0.2, -0.15) is 0 Å². The van der Waals surface area contributed by atoms with E-state index < -0.39 is 0 Å². The molecule has 1 heterocycles. The van der Waals surface area contributed by atoms with Gasteiger partial charge in [0.2, 0.25) is 5.91 Å². The summed E-state index contributed by atoms with van der Waals surface area (Å²) in [5.41, 5.74) is 0.404. The minimum absolute atomic E-state index is 0.0425. The number of hydrogen-bond acceptors (Lipinski definition) is 1. The van der Waals surface area contributed by atoms with Gasteiger partial charge in [-0.1, -0.05) is 20.8 Å². The van der Waals surface area contributed by atoms with Crippen molar-refractivity contribution in [2.75, 3.05) is 6.54 Å². The van der Waals surface area contributed by atoms with Gasteiger partial charge < -0.3 is 4.90 Å². The van der Waals surface area contributed by atoms with E-state index in [0.717, 1.165) is 25.8 Å². The zero-order valence-corrected chi connectivity index (χ0v) is 10.9. The third-order valence-corrected chi connectivity index (χ3v) is 3.29. The lowest BCUT2D eigenvalue weighted by Crippen LogP contribution is -2.45. The maximum Gasteiger partial charge on any atom is 0.223 e. The Hall–Kier alpha value is -0.530. The van der Waals surface area contributed by atoms with Crippen molar-refractivity contribution in [2.45, 2.75) is 65.8 Å². The molecule has 2 heteroatoms. The van der Waals surface area contributed by atoms with Crippen LogP contribution in [0.4, 0.5) is 0 Å². The Kier molecular flexibility index (Phi) is 3.47. The molecule has 1 fully saturated rings. The van der Waals surface area contributed by atoms with E-state index in [1.54, 1.807) is 0 Å². The molecule has 0 N–H and O–H groups in total. The number of nitrogens with zero attached hydrogens (tertiary/aromatic N) is 1. The van der Waals surface area contributed by atoms with Gasteiger partial charge in [0.15, 0.2) is 0 Å². The molecule has 0 aromatic carbocycles. The van der Waals surface area contributed by atoms with Crippen molar-refractivity contribution < 1.29 is 4.79 Å². The van der Waals surface area contributed by atoms with E-state index in [0.29, 0.717) is 11.3 Å². The summed E-state index contributed by atoms with van der Waals surface area (Å²) in [7, 11) is 0. The van der Waals surface area contributed by atoms with Gasteiger partial charge in [0.05, 0.1) is 0 Å². The van der Waals surface area contributed by atoms with Crippen molar-refractivity contribution in [1.29, 1.82) is 0 Å². The molecule has 1 saturated heterocycles. The monoisotopic (exact) mass is 211 g/mol. The molecular formula is C13H25NO. The highest BCUT2D eigenvalue weighted by Gasteiger charge is 2.34. The molecule has 0 aromatic heterocycles. The van der Waals surface area contributed by atoms with Crippen LogP contribution in [0.25, 0.3) is 0 Å². The zero-order chi connectivity index (χ0) is 11.7. The van der Waals surface area contributed by atoms with Gasteiger partial charge in [0, 0.05) is 18.5 Å². The number of amides is 1. The van der Waals surface area contributed by atoms with Gasteiger partial charge in [-0.05, 0) is 38.5 Å². The SMILES string of the molecule is CC(C)(C)CCC(C)(C)N1CCCC1=O. The molecule has 0 bridgehead atoms. The molecule has 15 heavy (non-hydrogen) atoms. The van der Waals surface area contributed by atoms with Crippen molar-refractivity contribution >= 4 is 5.91 Å². The first-order valence-corrected chi connectivity index (χ1v) is 6.03. The largest absolute Gasteiger partial charge is 0.338 e. The van der Waals surface area contributed by atoms with E-state index in [4.69, 9.17) is 0 Å². The highest BCUT2D eigenvalue weighted by molar-refractivity contribution is 5.78. The Balaban J connectivity index is 2.54. The second-order valence-electron chi connectivity index (χ2n) is 6.52. The van der Waals surface area contributed by atoms with E-state index in [1.165, 1.54) is 6.42 Å². The van der Waals surface area contributed by atoms with Crippen molar-refractivity contribution in [3.63, 3.8) is 0 Å². The third-order valence-electron chi connectivity index (χ3n) is 3.29. The quantitative estimate of drug-likeness (QED) is 0.702. The number of likely N-dealkylation sites (tertiary alicyclic amines) is 1. The predicted octanol–water partition coefficient (Wildman–Crippen LogP) is 3.21. The Morgan fingerprint density at radius 2 is 1.73 bits per heavy atom. The van der Waals surface area contributed by atoms with E-state index >= 15 is 0 Å². The average Bonchev–Trinajstić information content (AvgIpc) is 2.47. The highest BCUT2D eigenvalue weighted by Crippen LogP contribution is 2.31. The number of carbonyl (C=O) groups is 1. The fraction of sp³-hybridized carbons (Fsp3) is 0.923. The summed E-state index contributed by atoms with van der Waals surface area (Å²) < 4.78 is 0. The van der Waals surface area contributed by atoms with Crippen molar-refractivity contribution in [2.24, 2.45) is 5.41 Å². The molecule has 1 aliphatic heterocycles. The molecule has 0 atom stereocenters. The average molecular weight is 211 g/mol. The topological polar surface area (TPSA) is 20.3 Å². The predicted molar refractivity (Wildman–Crippen MR) is 63.7 cm³/mol. The van der Waals surface area contributed by atoms with Crippen LogP contribution < -0.4 is 0 Å². The highest BCUT2D eigenvalue weighted by atomic mass is 16.2. The first-order valence-electron chi connectivity index (χ1n) is 6.03. The number of hydrogen-bond donors (Lipinski definition) is 0.